The van der Waals surface area contributed by atoms with E-state index in [4.69, 9.17) is 9.72 Å². The maximum absolute atomic E-state index is 12.9. The summed E-state index contributed by atoms with van der Waals surface area (Å²) in [4.78, 5) is 17.6. The molecule has 2 aromatic rings. The zero-order chi connectivity index (χ0) is 22.0. The van der Waals surface area contributed by atoms with Gasteiger partial charge in [-0.05, 0) is 43.2 Å². The van der Waals surface area contributed by atoms with Gasteiger partial charge in [0.25, 0.3) is 10.0 Å². The van der Waals surface area contributed by atoms with E-state index in [0.717, 1.165) is 60.3 Å². The van der Waals surface area contributed by atoms with Gasteiger partial charge in [0.05, 0.1) is 30.7 Å². The molecule has 0 fully saturated rings. The fourth-order valence-corrected chi connectivity index (χ4v) is 5.82. The fourth-order valence-electron chi connectivity index (χ4n) is 4.84. The van der Waals surface area contributed by atoms with E-state index in [0.29, 0.717) is 13.2 Å². The molecule has 0 radical (unpaired) electrons. The molecule has 0 saturated carbocycles. The highest BCUT2D eigenvalue weighted by atomic mass is 32.2. The Labute approximate surface area is 181 Å². The van der Waals surface area contributed by atoms with Crippen molar-refractivity contribution in [2.45, 2.75) is 69.7 Å². The van der Waals surface area contributed by atoms with Crippen LogP contribution in [0, 0.1) is 5.92 Å². The van der Waals surface area contributed by atoms with E-state index in [1.807, 2.05) is 6.92 Å². The van der Waals surface area contributed by atoms with Crippen molar-refractivity contribution < 1.29 is 17.9 Å². The van der Waals surface area contributed by atoms with Gasteiger partial charge < -0.3 is 10.1 Å². The lowest BCUT2D eigenvalue weighted by atomic mass is 9.90. The lowest BCUT2D eigenvalue weighted by Crippen LogP contribution is -2.35. The minimum absolute atomic E-state index is 0.0579. The summed E-state index contributed by atoms with van der Waals surface area (Å²) in [5.74, 6) is 0.408. The van der Waals surface area contributed by atoms with Gasteiger partial charge in [0.1, 0.15) is 0 Å². The zero-order valence-corrected chi connectivity index (χ0v) is 18.8. The Morgan fingerprint density at radius 1 is 1.26 bits per heavy atom. The van der Waals surface area contributed by atoms with E-state index in [-0.39, 0.29) is 22.1 Å². The third-order valence-electron chi connectivity index (χ3n) is 6.47. The van der Waals surface area contributed by atoms with Crippen LogP contribution in [0.15, 0.2) is 11.1 Å². The second-order valence-electron chi connectivity index (χ2n) is 9.45. The number of hydrogen-bond acceptors (Lipinski definition) is 6. The number of fused-ring (bicyclic) bond motifs is 3. The molecule has 9 nitrogen and oxygen atoms in total. The molecule has 0 spiro atoms. The van der Waals surface area contributed by atoms with E-state index < -0.39 is 16.1 Å². The molecule has 0 bridgehead atoms. The number of aromatic nitrogens is 3. The topological polar surface area (TPSA) is 115 Å². The van der Waals surface area contributed by atoms with Gasteiger partial charge in [0.15, 0.2) is 4.90 Å². The van der Waals surface area contributed by atoms with Crippen molar-refractivity contribution in [1.29, 1.82) is 0 Å². The number of amides is 2. The first-order chi connectivity index (χ1) is 14.7. The highest BCUT2D eigenvalue weighted by molar-refractivity contribution is 7.90. The standard InChI is InChI=1S/C21H27N5O4S/c1-12-10-26-19(30-11-12)16(9-22-26)31(28,29)25-20(27)24-17-13-5-4-6-15(13)23-18-14(17)7-8-21(18,2)3/h9,12H,4-8,10-11H2,1-3H3,(H2,23,24,25,27). The number of aryl methyl sites for hydroxylation is 1. The maximum Gasteiger partial charge on any atom is 0.333 e. The number of sulfonamides is 1. The first kappa shape index (κ1) is 20.3. The normalized spacial score (nSPS) is 21.1. The van der Waals surface area contributed by atoms with E-state index in [2.05, 4.69) is 29.0 Å². The summed E-state index contributed by atoms with van der Waals surface area (Å²) in [6.07, 6.45) is 5.69. The first-order valence-electron chi connectivity index (χ1n) is 10.7. The second-order valence-corrected chi connectivity index (χ2v) is 11.1. The maximum atomic E-state index is 12.9. The van der Waals surface area contributed by atoms with Crippen molar-refractivity contribution >= 4 is 21.7 Å². The smallest absolute Gasteiger partial charge is 0.333 e. The summed E-state index contributed by atoms with van der Waals surface area (Å²) in [7, 11) is -4.13. The van der Waals surface area contributed by atoms with E-state index in [1.165, 1.54) is 10.9 Å². The summed E-state index contributed by atoms with van der Waals surface area (Å²) in [5.41, 5.74) is 4.76. The Bertz CT molecular complexity index is 1180. The molecule has 10 heteroatoms. The number of ether oxygens (including phenoxy) is 1. The van der Waals surface area contributed by atoms with Crippen LogP contribution < -0.4 is 14.8 Å². The van der Waals surface area contributed by atoms with E-state index >= 15 is 0 Å². The van der Waals surface area contributed by atoms with Crippen LogP contribution in [-0.2, 0) is 41.2 Å². The van der Waals surface area contributed by atoms with Crippen LogP contribution in [0.3, 0.4) is 0 Å². The number of hydrogen-bond donors (Lipinski definition) is 2. The minimum atomic E-state index is -4.13. The van der Waals surface area contributed by atoms with Gasteiger partial charge in [0, 0.05) is 17.0 Å². The van der Waals surface area contributed by atoms with Gasteiger partial charge >= 0.3 is 6.03 Å². The van der Waals surface area contributed by atoms with Gasteiger partial charge in [0.2, 0.25) is 5.88 Å². The number of rotatable bonds is 3. The molecular formula is C21H27N5O4S. The first-order valence-corrected chi connectivity index (χ1v) is 12.2. The minimum Gasteiger partial charge on any atom is -0.477 e. The molecule has 3 aliphatic rings. The van der Waals surface area contributed by atoms with Gasteiger partial charge in [-0.3, -0.25) is 4.98 Å². The van der Waals surface area contributed by atoms with Crippen molar-refractivity contribution in [2.24, 2.45) is 5.92 Å². The highest BCUT2D eigenvalue weighted by Crippen LogP contribution is 2.44. The average Bonchev–Trinajstić information content (AvgIpc) is 3.38. The molecule has 5 rings (SSSR count). The SMILES string of the molecule is CC1COc2c(S(=O)(=O)NC(=O)Nc3c4c(nc5c3CCC5(C)C)CCC4)cnn2C1. The highest BCUT2D eigenvalue weighted by Gasteiger charge is 2.37. The van der Waals surface area contributed by atoms with Crippen LogP contribution in [0.1, 0.15) is 56.1 Å². The third-order valence-corrected chi connectivity index (χ3v) is 7.78. The van der Waals surface area contributed by atoms with Gasteiger partial charge in [-0.1, -0.05) is 20.8 Å². The molecule has 1 unspecified atom stereocenters. The second kappa shape index (κ2) is 6.94. The quantitative estimate of drug-likeness (QED) is 0.750. The number of carbonyl (C=O) groups excluding carboxylic acids is 1. The Morgan fingerprint density at radius 2 is 2.06 bits per heavy atom. The summed E-state index contributed by atoms with van der Waals surface area (Å²) < 4.78 is 35.0. The summed E-state index contributed by atoms with van der Waals surface area (Å²) in [5, 5.41) is 6.96. The molecule has 31 heavy (non-hydrogen) atoms. The Hall–Kier alpha value is -2.62. The van der Waals surface area contributed by atoms with Gasteiger partial charge in [-0.25, -0.2) is 22.6 Å². The molecule has 2 aliphatic carbocycles. The summed E-state index contributed by atoms with van der Waals surface area (Å²) >= 11 is 0. The molecule has 166 valence electrons. The monoisotopic (exact) mass is 445 g/mol. The zero-order valence-electron chi connectivity index (χ0n) is 18.0. The molecule has 1 atom stereocenters. The largest absolute Gasteiger partial charge is 0.477 e. The Balaban J connectivity index is 1.42. The molecule has 0 aromatic carbocycles. The molecular weight excluding hydrogens is 418 g/mol. The number of nitrogens with zero attached hydrogens (tertiary/aromatic N) is 3. The number of urea groups is 1. The molecule has 2 N–H and O–H groups in total. The van der Waals surface area contributed by atoms with E-state index in [9.17, 15) is 13.2 Å². The molecule has 0 saturated heterocycles. The van der Waals surface area contributed by atoms with Crippen molar-refractivity contribution in [2.75, 3.05) is 11.9 Å². The lowest BCUT2D eigenvalue weighted by molar-refractivity contribution is 0.170. The van der Waals surface area contributed by atoms with E-state index in [1.54, 1.807) is 0 Å². The van der Waals surface area contributed by atoms with Crippen molar-refractivity contribution in [3.05, 3.63) is 28.7 Å². The fraction of sp³-hybridized carbons (Fsp3) is 0.571. The van der Waals surface area contributed by atoms with Gasteiger partial charge in [-0.15, -0.1) is 0 Å². The summed E-state index contributed by atoms with van der Waals surface area (Å²) in [6, 6.07) is -0.781. The molecule has 2 aromatic heterocycles. The molecule has 3 heterocycles. The third kappa shape index (κ3) is 3.37. The Kier molecular flexibility index (Phi) is 4.55. The number of carbonyl (C=O) groups is 1. The Morgan fingerprint density at radius 3 is 2.87 bits per heavy atom. The summed E-state index contributed by atoms with van der Waals surface area (Å²) in [6.45, 7) is 7.29. The number of nitrogens with one attached hydrogen (secondary N) is 2. The number of anilines is 1. The van der Waals surface area contributed by atoms with Crippen LogP contribution in [0.4, 0.5) is 10.5 Å². The molecule has 2 amide bonds. The van der Waals surface area contributed by atoms with Crippen molar-refractivity contribution in [3.63, 3.8) is 0 Å². The van der Waals surface area contributed by atoms with Crippen LogP contribution in [0.25, 0.3) is 0 Å². The van der Waals surface area contributed by atoms with Crippen LogP contribution >= 0.6 is 0 Å². The van der Waals surface area contributed by atoms with Gasteiger partial charge in [-0.2, -0.15) is 5.10 Å². The average molecular weight is 446 g/mol. The number of pyridine rings is 1. The molecule has 1 aliphatic heterocycles. The van der Waals surface area contributed by atoms with Crippen molar-refractivity contribution in [1.82, 2.24) is 19.5 Å². The van der Waals surface area contributed by atoms with Crippen LogP contribution in [0.2, 0.25) is 0 Å². The van der Waals surface area contributed by atoms with Crippen LogP contribution in [0.5, 0.6) is 5.88 Å². The van der Waals surface area contributed by atoms with Crippen molar-refractivity contribution in [3.8, 4) is 5.88 Å². The van der Waals surface area contributed by atoms with Crippen LogP contribution in [-0.4, -0.2) is 35.8 Å². The predicted octanol–water partition coefficient (Wildman–Crippen LogP) is 2.53. The lowest BCUT2D eigenvalue weighted by Gasteiger charge is -2.22. The predicted molar refractivity (Wildman–Crippen MR) is 114 cm³/mol.